The molecule has 0 saturated carbocycles. The molecule has 0 heterocycles. The van der Waals surface area contributed by atoms with Crippen LogP contribution in [0.5, 0.6) is 11.5 Å². The number of phenolic OH excluding ortho intramolecular Hbond substituents is 2. The van der Waals surface area contributed by atoms with E-state index in [1.165, 1.54) is 11.1 Å². The second-order valence-corrected chi connectivity index (χ2v) is 9.92. The van der Waals surface area contributed by atoms with Crippen LogP contribution in [0.2, 0.25) is 0 Å². The zero-order valence-electron chi connectivity index (χ0n) is 20.9. The molecule has 4 nitrogen and oxygen atoms in total. The fourth-order valence-corrected chi connectivity index (χ4v) is 4.26. The number of amides is 1. The van der Waals surface area contributed by atoms with Gasteiger partial charge in [-0.05, 0) is 76.1 Å². The Labute approximate surface area is 212 Å². The molecular weight excluding hydrogens is 490 g/mol. The Morgan fingerprint density at radius 1 is 1.06 bits per heavy atom. The lowest BCUT2D eigenvalue weighted by atomic mass is 9.94. The fourth-order valence-electron chi connectivity index (χ4n) is 3.84. The molecule has 5 heteroatoms. The number of hydrogen-bond donors (Lipinski definition) is 3. The van der Waals surface area contributed by atoms with Crippen molar-refractivity contribution in [3.63, 3.8) is 0 Å². The molecule has 0 bridgehead atoms. The third-order valence-electron chi connectivity index (χ3n) is 5.88. The number of carbonyl (C=O) groups excluding carboxylic acids is 1. The molecular formula is C29H38BrNO3. The van der Waals surface area contributed by atoms with E-state index in [2.05, 4.69) is 55.0 Å². The smallest absolute Gasteiger partial charge is 0.255 e. The lowest BCUT2D eigenvalue weighted by molar-refractivity contribution is 0.0947. The third-order valence-corrected chi connectivity index (χ3v) is 6.66. The van der Waals surface area contributed by atoms with Crippen LogP contribution >= 0.6 is 15.9 Å². The fraction of sp³-hybridized carbons (Fsp3) is 0.414. The summed E-state index contributed by atoms with van der Waals surface area (Å²) in [5, 5.41) is 24.8. The SMILES string of the molecule is CCCCCc1cc(O)c(CC=C(C)CCC=C(C)C)c(O)c1C(=O)NCc1ccccc1Br. The zero-order chi connectivity index (χ0) is 25.1. The van der Waals surface area contributed by atoms with E-state index in [0.717, 1.165) is 42.1 Å². The van der Waals surface area contributed by atoms with Crippen LogP contribution in [0.1, 0.15) is 86.8 Å². The molecule has 0 fully saturated rings. The summed E-state index contributed by atoms with van der Waals surface area (Å²) in [5.74, 6) is -0.408. The van der Waals surface area contributed by atoms with E-state index < -0.39 is 0 Å². The molecule has 0 unspecified atom stereocenters. The number of phenols is 2. The van der Waals surface area contributed by atoms with Crippen LogP contribution in [-0.2, 0) is 19.4 Å². The summed E-state index contributed by atoms with van der Waals surface area (Å²) in [7, 11) is 0. The summed E-state index contributed by atoms with van der Waals surface area (Å²) in [6, 6.07) is 9.38. The van der Waals surface area contributed by atoms with Gasteiger partial charge in [-0.1, -0.05) is 77.2 Å². The van der Waals surface area contributed by atoms with Crippen molar-refractivity contribution in [1.82, 2.24) is 5.32 Å². The summed E-state index contributed by atoms with van der Waals surface area (Å²) >= 11 is 3.51. The number of unbranched alkanes of at least 4 members (excludes halogenated alkanes) is 2. The van der Waals surface area contributed by atoms with Gasteiger partial charge in [0.05, 0.1) is 5.56 Å². The Kier molecular flexibility index (Phi) is 11.4. The van der Waals surface area contributed by atoms with Crippen LogP contribution in [-0.4, -0.2) is 16.1 Å². The van der Waals surface area contributed by atoms with Gasteiger partial charge in [0.25, 0.3) is 5.91 Å². The predicted octanol–water partition coefficient (Wildman–Crippen LogP) is 7.76. The quantitative estimate of drug-likeness (QED) is 0.195. The first-order valence-electron chi connectivity index (χ1n) is 12.1. The number of carbonyl (C=O) groups is 1. The van der Waals surface area contributed by atoms with Crippen molar-refractivity contribution in [2.24, 2.45) is 0 Å². The Morgan fingerprint density at radius 3 is 2.47 bits per heavy atom. The van der Waals surface area contributed by atoms with Gasteiger partial charge in [0.15, 0.2) is 0 Å². The van der Waals surface area contributed by atoms with Gasteiger partial charge in [0.2, 0.25) is 0 Å². The second-order valence-electron chi connectivity index (χ2n) is 9.06. The number of rotatable bonds is 12. The standard InChI is InChI=1S/C29H38BrNO3/c1-5-6-7-13-22-18-26(32)24(17-16-21(4)12-10-11-20(2)3)28(33)27(22)29(34)31-19-23-14-8-9-15-25(23)30/h8-9,11,14-16,18,32-33H,5-7,10,12-13,17,19H2,1-4H3,(H,31,34). The highest BCUT2D eigenvalue weighted by molar-refractivity contribution is 9.10. The number of nitrogens with one attached hydrogen (secondary N) is 1. The van der Waals surface area contributed by atoms with Crippen molar-refractivity contribution < 1.29 is 15.0 Å². The first-order valence-corrected chi connectivity index (χ1v) is 12.9. The highest BCUT2D eigenvalue weighted by Gasteiger charge is 2.22. The van der Waals surface area contributed by atoms with Crippen molar-refractivity contribution in [2.75, 3.05) is 0 Å². The van der Waals surface area contributed by atoms with Gasteiger partial charge in [0.1, 0.15) is 11.5 Å². The number of aromatic hydroxyl groups is 2. The van der Waals surface area contributed by atoms with Crippen molar-refractivity contribution in [3.8, 4) is 11.5 Å². The topological polar surface area (TPSA) is 69.6 Å². The molecule has 0 saturated heterocycles. The van der Waals surface area contributed by atoms with Crippen LogP contribution in [0.25, 0.3) is 0 Å². The lowest BCUT2D eigenvalue weighted by Crippen LogP contribution is -2.24. The molecule has 3 N–H and O–H groups in total. The number of halogens is 1. The highest BCUT2D eigenvalue weighted by atomic mass is 79.9. The van der Waals surface area contributed by atoms with Crippen LogP contribution < -0.4 is 5.32 Å². The summed E-state index contributed by atoms with van der Waals surface area (Å²) in [5.41, 5.74) is 4.78. The van der Waals surface area contributed by atoms with E-state index in [-0.39, 0.29) is 23.0 Å². The molecule has 2 rings (SSSR count). The zero-order valence-corrected chi connectivity index (χ0v) is 22.5. The average Bonchev–Trinajstić information content (AvgIpc) is 2.78. The van der Waals surface area contributed by atoms with Gasteiger partial charge in [-0.15, -0.1) is 0 Å². The molecule has 0 aromatic heterocycles. The van der Waals surface area contributed by atoms with E-state index >= 15 is 0 Å². The molecule has 2 aromatic rings. The van der Waals surface area contributed by atoms with Gasteiger partial charge < -0.3 is 15.5 Å². The molecule has 2 aromatic carbocycles. The average molecular weight is 529 g/mol. The summed E-state index contributed by atoms with van der Waals surface area (Å²) in [6.45, 7) is 8.68. The molecule has 0 aliphatic heterocycles. The van der Waals surface area contributed by atoms with E-state index in [9.17, 15) is 15.0 Å². The molecule has 34 heavy (non-hydrogen) atoms. The summed E-state index contributed by atoms with van der Waals surface area (Å²) in [6.07, 6.45) is 10.1. The van der Waals surface area contributed by atoms with Gasteiger partial charge in [0, 0.05) is 16.6 Å². The normalized spacial score (nSPS) is 11.4. The Balaban J connectivity index is 2.30. The molecule has 0 atom stereocenters. The van der Waals surface area contributed by atoms with Crippen molar-refractivity contribution >= 4 is 21.8 Å². The van der Waals surface area contributed by atoms with E-state index in [4.69, 9.17) is 0 Å². The molecule has 1 amide bonds. The van der Waals surface area contributed by atoms with Crippen LogP contribution in [0, 0.1) is 0 Å². The maximum Gasteiger partial charge on any atom is 0.255 e. The second kappa shape index (κ2) is 14.0. The van der Waals surface area contributed by atoms with Crippen molar-refractivity contribution in [2.45, 2.75) is 79.2 Å². The third kappa shape index (κ3) is 8.35. The van der Waals surface area contributed by atoms with Gasteiger partial charge >= 0.3 is 0 Å². The van der Waals surface area contributed by atoms with Crippen molar-refractivity contribution in [1.29, 1.82) is 0 Å². The van der Waals surface area contributed by atoms with Crippen LogP contribution in [0.15, 0.2) is 58.1 Å². The number of aryl methyl sites for hydroxylation is 1. The van der Waals surface area contributed by atoms with Crippen LogP contribution in [0.4, 0.5) is 0 Å². The van der Waals surface area contributed by atoms with Gasteiger partial charge in [-0.25, -0.2) is 0 Å². The monoisotopic (exact) mass is 527 g/mol. The summed E-state index contributed by atoms with van der Waals surface area (Å²) < 4.78 is 0.919. The lowest BCUT2D eigenvalue weighted by Gasteiger charge is -2.17. The minimum atomic E-state index is -0.328. The number of allylic oxidation sites excluding steroid dienone is 4. The summed E-state index contributed by atoms with van der Waals surface area (Å²) in [4.78, 5) is 13.2. The number of hydrogen-bond acceptors (Lipinski definition) is 3. The van der Waals surface area contributed by atoms with Gasteiger partial charge in [-0.3, -0.25) is 4.79 Å². The number of benzene rings is 2. The molecule has 0 aliphatic rings. The molecule has 0 aliphatic carbocycles. The molecule has 184 valence electrons. The minimum absolute atomic E-state index is 0.0414. The first kappa shape index (κ1) is 27.7. The van der Waals surface area contributed by atoms with E-state index in [0.29, 0.717) is 30.5 Å². The maximum absolute atomic E-state index is 13.2. The Hall–Kier alpha value is -2.53. The largest absolute Gasteiger partial charge is 0.508 e. The molecule has 0 radical (unpaired) electrons. The van der Waals surface area contributed by atoms with Crippen LogP contribution in [0.3, 0.4) is 0 Å². The van der Waals surface area contributed by atoms with E-state index in [1.54, 1.807) is 6.07 Å². The molecule has 0 spiro atoms. The first-order chi connectivity index (χ1) is 16.2. The predicted molar refractivity (Wildman–Crippen MR) is 144 cm³/mol. The Bertz CT molecular complexity index is 1040. The van der Waals surface area contributed by atoms with Crippen molar-refractivity contribution in [3.05, 3.63) is 80.4 Å². The minimum Gasteiger partial charge on any atom is -0.508 e. The van der Waals surface area contributed by atoms with E-state index in [1.807, 2.05) is 30.3 Å². The highest BCUT2D eigenvalue weighted by Crippen LogP contribution is 2.35. The maximum atomic E-state index is 13.2. The Morgan fingerprint density at radius 2 is 1.79 bits per heavy atom. The van der Waals surface area contributed by atoms with Gasteiger partial charge in [-0.2, -0.15) is 0 Å².